The van der Waals surface area contributed by atoms with Crippen LogP contribution in [0.2, 0.25) is 0 Å². The molecular weight excluding hydrogens is 176 g/mol. The van der Waals surface area contributed by atoms with Crippen LogP contribution in [0, 0.1) is 0 Å². The Bertz CT molecular complexity index is 442. The normalized spacial score (nSPS) is 21.9. The lowest BCUT2D eigenvalue weighted by Gasteiger charge is -2.06. The van der Waals surface area contributed by atoms with Gasteiger partial charge in [0.1, 0.15) is 5.52 Å². The Morgan fingerprint density at radius 1 is 1.43 bits per heavy atom. The summed E-state index contributed by atoms with van der Waals surface area (Å²) in [6.45, 7) is 1.11. The van der Waals surface area contributed by atoms with Crippen LogP contribution in [0.3, 0.4) is 0 Å². The van der Waals surface area contributed by atoms with Crippen molar-refractivity contribution in [2.75, 3.05) is 6.54 Å². The SMILES string of the molecule is c1cc2c(C3CCCN3)[nH]nc2cn1. The number of H-pyrrole nitrogens is 1. The average Bonchev–Trinajstić information content (AvgIpc) is 2.85. The highest BCUT2D eigenvalue weighted by molar-refractivity contribution is 5.80. The van der Waals surface area contributed by atoms with Gasteiger partial charge in [-0.2, -0.15) is 5.10 Å². The highest BCUT2D eigenvalue weighted by Gasteiger charge is 2.19. The minimum absolute atomic E-state index is 0.447. The molecule has 1 unspecified atom stereocenters. The van der Waals surface area contributed by atoms with Gasteiger partial charge in [-0.3, -0.25) is 10.1 Å². The van der Waals surface area contributed by atoms with E-state index >= 15 is 0 Å². The first-order chi connectivity index (χ1) is 6.95. The number of pyridine rings is 1. The van der Waals surface area contributed by atoms with Gasteiger partial charge in [-0.05, 0) is 25.5 Å². The van der Waals surface area contributed by atoms with Gasteiger partial charge < -0.3 is 5.32 Å². The molecule has 0 amide bonds. The molecule has 2 aromatic heterocycles. The molecule has 0 saturated carbocycles. The fourth-order valence-electron chi connectivity index (χ4n) is 2.08. The number of rotatable bonds is 1. The van der Waals surface area contributed by atoms with E-state index in [0.717, 1.165) is 12.1 Å². The van der Waals surface area contributed by atoms with Gasteiger partial charge in [-0.15, -0.1) is 0 Å². The Labute approximate surface area is 81.7 Å². The number of nitrogens with zero attached hydrogens (tertiary/aromatic N) is 2. The van der Waals surface area contributed by atoms with Gasteiger partial charge in [-0.25, -0.2) is 0 Å². The van der Waals surface area contributed by atoms with Crippen LogP contribution in [0.25, 0.3) is 10.9 Å². The standard InChI is InChI=1S/C10H12N4/c1-2-8(12-4-1)10-7-3-5-11-6-9(7)13-14-10/h3,5-6,8,12H,1-2,4H2,(H,13,14). The lowest BCUT2D eigenvalue weighted by Crippen LogP contribution is -2.13. The molecule has 1 fully saturated rings. The van der Waals surface area contributed by atoms with Crippen LogP contribution in [0.1, 0.15) is 24.6 Å². The van der Waals surface area contributed by atoms with Crippen LogP contribution in [-0.4, -0.2) is 21.7 Å². The molecule has 72 valence electrons. The van der Waals surface area contributed by atoms with Crippen molar-refractivity contribution in [3.63, 3.8) is 0 Å². The zero-order valence-electron chi connectivity index (χ0n) is 7.83. The molecule has 4 heteroatoms. The molecule has 1 saturated heterocycles. The summed E-state index contributed by atoms with van der Waals surface area (Å²) >= 11 is 0. The second kappa shape index (κ2) is 3.06. The van der Waals surface area contributed by atoms with Crippen molar-refractivity contribution in [3.05, 3.63) is 24.2 Å². The first-order valence-electron chi connectivity index (χ1n) is 4.96. The Hall–Kier alpha value is -1.42. The molecule has 14 heavy (non-hydrogen) atoms. The third-order valence-electron chi connectivity index (χ3n) is 2.80. The van der Waals surface area contributed by atoms with E-state index in [2.05, 4.69) is 20.5 Å². The number of hydrogen-bond donors (Lipinski definition) is 2. The smallest absolute Gasteiger partial charge is 0.111 e. The Morgan fingerprint density at radius 2 is 2.43 bits per heavy atom. The summed E-state index contributed by atoms with van der Waals surface area (Å²) in [4.78, 5) is 4.05. The van der Waals surface area contributed by atoms with E-state index < -0.39 is 0 Å². The quantitative estimate of drug-likeness (QED) is 0.711. The van der Waals surface area contributed by atoms with Crippen molar-refractivity contribution in [2.24, 2.45) is 0 Å². The number of aromatic nitrogens is 3. The molecular formula is C10H12N4. The highest BCUT2D eigenvalue weighted by atomic mass is 15.1. The van der Waals surface area contributed by atoms with Gasteiger partial charge in [0, 0.05) is 17.6 Å². The molecule has 0 aromatic carbocycles. The second-order valence-electron chi connectivity index (χ2n) is 3.68. The summed E-state index contributed by atoms with van der Waals surface area (Å²) < 4.78 is 0. The van der Waals surface area contributed by atoms with Crippen molar-refractivity contribution < 1.29 is 0 Å². The monoisotopic (exact) mass is 188 g/mol. The van der Waals surface area contributed by atoms with Crippen LogP contribution in [0.5, 0.6) is 0 Å². The first-order valence-corrected chi connectivity index (χ1v) is 4.96. The van der Waals surface area contributed by atoms with Crippen LogP contribution in [0.4, 0.5) is 0 Å². The summed E-state index contributed by atoms with van der Waals surface area (Å²) in [7, 11) is 0. The number of aromatic amines is 1. The maximum absolute atomic E-state index is 4.24. The summed E-state index contributed by atoms with van der Waals surface area (Å²) in [5.74, 6) is 0. The predicted molar refractivity (Wildman–Crippen MR) is 53.9 cm³/mol. The molecule has 3 heterocycles. The van der Waals surface area contributed by atoms with Crippen LogP contribution >= 0.6 is 0 Å². The molecule has 0 radical (unpaired) electrons. The molecule has 1 atom stereocenters. The van der Waals surface area contributed by atoms with E-state index in [-0.39, 0.29) is 0 Å². The largest absolute Gasteiger partial charge is 0.309 e. The summed E-state index contributed by atoms with van der Waals surface area (Å²) in [6.07, 6.45) is 6.05. The number of nitrogens with one attached hydrogen (secondary N) is 2. The Kier molecular flexibility index (Phi) is 1.73. The van der Waals surface area contributed by atoms with Crippen LogP contribution in [-0.2, 0) is 0 Å². The van der Waals surface area contributed by atoms with Crippen LogP contribution in [0.15, 0.2) is 18.5 Å². The number of hydrogen-bond acceptors (Lipinski definition) is 3. The maximum atomic E-state index is 4.24. The third-order valence-corrected chi connectivity index (χ3v) is 2.80. The van der Waals surface area contributed by atoms with E-state index in [1.165, 1.54) is 23.9 Å². The van der Waals surface area contributed by atoms with Gasteiger partial charge in [0.15, 0.2) is 0 Å². The topological polar surface area (TPSA) is 53.6 Å². The lowest BCUT2D eigenvalue weighted by molar-refractivity contribution is 0.629. The number of fused-ring (bicyclic) bond motifs is 1. The van der Waals surface area contributed by atoms with E-state index in [4.69, 9.17) is 0 Å². The molecule has 0 spiro atoms. The van der Waals surface area contributed by atoms with Crippen molar-refractivity contribution in [1.82, 2.24) is 20.5 Å². The van der Waals surface area contributed by atoms with Gasteiger partial charge in [0.25, 0.3) is 0 Å². The van der Waals surface area contributed by atoms with Gasteiger partial charge in [-0.1, -0.05) is 0 Å². The van der Waals surface area contributed by atoms with E-state index in [1.807, 2.05) is 12.3 Å². The zero-order chi connectivity index (χ0) is 9.38. The second-order valence-corrected chi connectivity index (χ2v) is 3.68. The van der Waals surface area contributed by atoms with Crippen LogP contribution < -0.4 is 5.32 Å². The minimum atomic E-state index is 0.447. The maximum Gasteiger partial charge on any atom is 0.111 e. The fraction of sp³-hybridized carbons (Fsp3) is 0.400. The Morgan fingerprint density at radius 3 is 3.29 bits per heavy atom. The zero-order valence-corrected chi connectivity index (χ0v) is 7.83. The van der Waals surface area contributed by atoms with E-state index in [0.29, 0.717) is 6.04 Å². The fourth-order valence-corrected chi connectivity index (χ4v) is 2.08. The molecule has 3 rings (SSSR count). The summed E-state index contributed by atoms with van der Waals surface area (Å²) in [6, 6.07) is 2.47. The first kappa shape index (κ1) is 7.94. The highest BCUT2D eigenvalue weighted by Crippen LogP contribution is 2.26. The van der Waals surface area contributed by atoms with Gasteiger partial charge >= 0.3 is 0 Å². The molecule has 2 aromatic rings. The van der Waals surface area contributed by atoms with Crippen molar-refractivity contribution in [3.8, 4) is 0 Å². The van der Waals surface area contributed by atoms with E-state index in [1.54, 1.807) is 6.20 Å². The Balaban J connectivity index is 2.11. The third kappa shape index (κ3) is 1.11. The molecule has 0 aliphatic carbocycles. The van der Waals surface area contributed by atoms with Crippen molar-refractivity contribution in [1.29, 1.82) is 0 Å². The van der Waals surface area contributed by atoms with Crippen molar-refractivity contribution >= 4 is 10.9 Å². The van der Waals surface area contributed by atoms with E-state index in [9.17, 15) is 0 Å². The predicted octanol–water partition coefficient (Wildman–Crippen LogP) is 1.38. The summed E-state index contributed by atoms with van der Waals surface area (Å²) in [5.41, 5.74) is 2.16. The molecule has 0 bridgehead atoms. The average molecular weight is 188 g/mol. The molecule has 1 aliphatic heterocycles. The van der Waals surface area contributed by atoms with Gasteiger partial charge in [0.2, 0.25) is 0 Å². The van der Waals surface area contributed by atoms with Gasteiger partial charge in [0.05, 0.1) is 11.9 Å². The molecule has 2 N–H and O–H groups in total. The lowest BCUT2D eigenvalue weighted by atomic mass is 10.1. The molecule has 4 nitrogen and oxygen atoms in total. The summed E-state index contributed by atoms with van der Waals surface area (Å²) in [5, 5.41) is 12.0. The molecule has 1 aliphatic rings. The van der Waals surface area contributed by atoms with Crippen molar-refractivity contribution in [2.45, 2.75) is 18.9 Å². The minimum Gasteiger partial charge on any atom is -0.309 e.